The lowest BCUT2D eigenvalue weighted by Gasteiger charge is -2.24. The molecule has 0 spiro atoms. The highest BCUT2D eigenvalue weighted by Crippen LogP contribution is 2.36. The van der Waals surface area contributed by atoms with Crippen molar-refractivity contribution in [1.82, 2.24) is 4.90 Å². The molecule has 1 saturated heterocycles. The average Bonchev–Trinajstić information content (AvgIpc) is 2.91. The number of amides is 3. The molecule has 2 aromatic carbocycles. The van der Waals surface area contributed by atoms with Gasteiger partial charge in [-0.25, -0.2) is 23.5 Å². The number of hydrogen-bond acceptors (Lipinski definition) is 4. The molecule has 14 heteroatoms. The van der Waals surface area contributed by atoms with Crippen molar-refractivity contribution in [3.05, 3.63) is 59.7 Å². The Hall–Kier alpha value is -2.63. The summed E-state index contributed by atoms with van der Waals surface area (Å²) >= 11 is 17.6. The maximum absolute atomic E-state index is 14.0. The summed E-state index contributed by atoms with van der Waals surface area (Å²) in [6.45, 7) is 0. The van der Waals surface area contributed by atoms with Gasteiger partial charge in [0.2, 0.25) is 9.63 Å². The summed E-state index contributed by atoms with van der Waals surface area (Å²) in [5.74, 6) is -3.63. The normalized spacial score (nSPS) is 17.2. The Kier molecular flexibility index (Phi) is 6.79. The van der Waals surface area contributed by atoms with E-state index in [4.69, 9.17) is 34.8 Å². The fourth-order valence-corrected chi connectivity index (χ4v) is 3.14. The lowest BCUT2D eigenvalue weighted by atomic mass is 10.2. The second-order valence-corrected chi connectivity index (χ2v) is 9.06. The molecular formula is C19H12Cl3F5N4O2. The molecule has 1 fully saturated rings. The molecule has 2 aromatic rings. The van der Waals surface area contributed by atoms with Gasteiger partial charge in [0.25, 0.3) is 0 Å². The van der Waals surface area contributed by atoms with E-state index in [9.17, 15) is 31.5 Å². The number of halogens is 8. The zero-order valence-electron chi connectivity index (χ0n) is 16.3. The maximum Gasteiger partial charge on any atom is 0.416 e. The monoisotopic (exact) mass is 528 g/mol. The van der Waals surface area contributed by atoms with Crippen molar-refractivity contribution in [3.63, 3.8) is 0 Å². The first-order chi connectivity index (χ1) is 15.2. The minimum Gasteiger partial charge on any atom is -0.358 e. The van der Waals surface area contributed by atoms with Crippen molar-refractivity contribution in [2.24, 2.45) is 4.99 Å². The number of amidine groups is 1. The molecule has 0 aromatic heterocycles. The number of anilines is 2. The first kappa shape index (κ1) is 25.0. The second-order valence-electron chi connectivity index (χ2n) is 6.70. The van der Waals surface area contributed by atoms with Crippen LogP contribution in [0.25, 0.3) is 0 Å². The molecule has 3 rings (SSSR count). The molecule has 0 saturated carbocycles. The number of imide groups is 1. The van der Waals surface area contributed by atoms with Gasteiger partial charge in [-0.1, -0.05) is 40.9 Å². The molecule has 1 unspecified atom stereocenters. The Morgan fingerprint density at radius 2 is 1.70 bits per heavy atom. The fourth-order valence-electron chi connectivity index (χ4n) is 2.83. The Balaban J connectivity index is 1.99. The number of alkyl halides is 6. The minimum atomic E-state index is -4.71. The van der Waals surface area contributed by atoms with Gasteiger partial charge < -0.3 is 5.32 Å². The molecule has 1 aliphatic rings. The van der Waals surface area contributed by atoms with Crippen LogP contribution in [0.1, 0.15) is 5.56 Å². The smallest absolute Gasteiger partial charge is 0.358 e. The van der Waals surface area contributed by atoms with E-state index in [1.807, 2.05) is 0 Å². The number of aliphatic imine (C=N–C) groups is 1. The number of carbonyl (C=O) groups excluding carboxylic acids is 2. The molecule has 0 bridgehead atoms. The predicted molar refractivity (Wildman–Crippen MR) is 114 cm³/mol. The molecule has 1 aliphatic heterocycles. The van der Waals surface area contributed by atoms with Crippen LogP contribution in [-0.4, -0.2) is 39.7 Å². The van der Waals surface area contributed by atoms with E-state index in [1.165, 1.54) is 0 Å². The van der Waals surface area contributed by atoms with Gasteiger partial charge in [0, 0.05) is 13.1 Å². The van der Waals surface area contributed by atoms with Crippen LogP contribution in [0.2, 0.25) is 0 Å². The fraction of sp³-hybridized carbons (Fsp3) is 0.211. The van der Waals surface area contributed by atoms with E-state index >= 15 is 0 Å². The number of hydrogen-bond donors (Lipinski definition) is 1. The molecule has 1 atom stereocenters. The Bertz CT molecular complexity index is 1140. The van der Waals surface area contributed by atoms with Crippen LogP contribution in [0.15, 0.2) is 47.5 Å². The highest BCUT2D eigenvalue weighted by molar-refractivity contribution is 6.68. The van der Waals surface area contributed by atoms with Crippen LogP contribution in [0.4, 0.5) is 38.1 Å². The van der Waals surface area contributed by atoms with Crippen molar-refractivity contribution < 1.29 is 31.5 Å². The molecule has 3 amide bonds. The third kappa shape index (κ3) is 5.31. The molecule has 6 nitrogen and oxygen atoms in total. The first-order valence-corrected chi connectivity index (χ1v) is 9.99. The summed E-state index contributed by atoms with van der Waals surface area (Å²) in [6.07, 6.45) is -6.37. The molecule has 176 valence electrons. The predicted octanol–water partition coefficient (Wildman–Crippen LogP) is 5.59. The zero-order valence-corrected chi connectivity index (χ0v) is 18.6. The summed E-state index contributed by atoms with van der Waals surface area (Å²) in [5.41, 5.74) is -1.77. The number of nitrogens with zero attached hydrogens (tertiary/aromatic N) is 3. The van der Waals surface area contributed by atoms with Gasteiger partial charge in [0.05, 0.1) is 16.9 Å². The first-order valence-electron chi connectivity index (χ1n) is 8.85. The standard InChI is InChI=1S/C19H12Cl3F5N4O2/c1-30-14(29-16(18(20,21)22)28-13-6-5-10(23)8-12(13)24)15(32)31(17(30)33)11-4-2-3-9(7-11)19(25,26)27/h2-8,16,28H,1H3. The number of urea groups is 1. The summed E-state index contributed by atoms with van der Waals surface area (Å²) < 4.78 is 64.0. The second kappa shape index (κ2) is 8.96. The minimum absolute atomic E-state index is 0.328. The zero-order chi connectivity index (χ0) is 24.7. The van der Waals surface area contributed by atoms with E-state index in [-0.39, 0.29) is 11.4 Å². The van der Waals surface area contributed by atoms with Crippen LogP contribution in [0.3, 0.4) is 0 Å². The molecule has 0 aliphatic carbocycles. The number of likely N-dealkylation sites (N-methyl/N-ethyl adjacent to an activating group) is 1. The van der Waals surface area contributed by atoms with Crippen molar-refractivity contribution in [2.75, 3.05) is 17.3 Å². The van der Waals surface area contributed by atoms with Gasteiger partial charge in [-0.3, -0.25) is 9.69 Å². The third-order valence-corrected chi connectivity index (χ3v) is 5.03. The highest BCUT2D eigenvalue weighted by Gasteiger charge is 2.44. The Morgan fingerprint density at radius 1 is 1.03 bits per heavy atom. The van der Waals surface area contributed by atoms with Crippen LogP contribution >= 0.6 is 34.8 Å². The molecular weight excluding hydrogens is 518 g/mol. The largest absolute Gasteiger partial charge is 0.416 e. The van der Waals surface area contributed by atoms with E-state index in [1.54, 1.807) is 0 Å². The lowest BCUT2D eigenvalue weighted by molar-refractivity contribution is -0.137. The quantitative estimate of drug-likeness (QED) is 0.319. The third-order valence-electron chi connectivity index (χ3n) is 4.41. The summed E-state index contributed by atoms with van der Waals surface area (Å²) in [6, 6.07) is 4.98. The van der Waals surface area contributed by atoms with Crippen molar-refractivity contribution >= 4 is 64.0 Å². The summed E-state index contributed by atoms with van der Waals surface area (Å²) in [5, 5.41) is 2.40. The van der Waals surface area contributed by atoms with E-state index < -0.39 is 51.1 Å². The molecule has 0 radical (unpaired) electrons. The van der Waals surface area contributed by atoms with Crippen LogP contribution < -0.4 is 10.2 Å². The SMILES string of the molecule is CN1C(=O)N(c2cccc(C(F)(F)F)c2)C(=O)C1=NC(Nc1ccc(F)cc1F)C(Cl)(Cl)Cl. The van der Waals surface area contributed by atoms with Crippen molar-refractivity contribution in [2.45, 2.75) is 16.1 Å². The topological polar surface area (TPSA) is 65.0 Å². The number of carbonyl (C=O) groups is 2. The molecule has 1 heterocycles. The van der Waals surface area contributed by atoms with Crippen LogP contribution in [0.5, 0.6) is 0 Å². The number of rotatable bonds is 4. The van der Waals surface area contributed by atoms with Crippen LogP contribution in [-0.2, 0) is 11.0 Å². The van der Waals surface area contributed by atoms with Gasteiger partial charge in [-0.05, 0) is 30.3 Å². The van der Waals surface area contributed by atoms with E-state index in [2.05, 4.69) is 10.3 Å². The average molecular weight is 530 g/mol. The summed E-state index contributed by atoms with van der Waals surface area (Å²) in [4.78, 5) is 30.6. The molecule has 1 N–H and O–H groups in total. The van der Waals surface area contributed by atoms with E-state index in [0.717, 1.165) is 42.3 Å². The number of nitrogens with one attached hydrogen (secondary N) is 1. The molecule has 33 heavy (non-hydrogen) atoms. The lowest BCUT2D eigenvalue weighted by Crippen LogP contribution is -2.36. The van der Waals surface area contributed by atoms with Crippen molar-refractivity contribution in [3.8, 4) is 0 Å². The van der Waals surface area contributed by atoms with Crippen LogP contribution in [0, 0.1) is 11.6 Å². The highest BCUT2D eigenvalue weighted by atomic mass is 35.6. The maximum atomic E-state index is 14.0. The van der Waals surface area contributed by atoms with Crippen molar-refractivity contribution in [1.29, 1.82) is 0 Å². The number of benzene rings is 2. The van der Waals surface area contributed by atoms with Gasteiger partial charge >= 0.3 is 18.1 Å². The van der Waals surface area contributed by atoms with Gasteiger partial charge in [0.1, 0.15) is 11.6 Å². The van der Waals surface area contributed by atoms with Gasteiger partial charge in [-0.2, -0.15) is 13.2 Å². The Morgan fingerprint density at radius 3 is 2.27 bits per heavy atom. The van der Waals surface area contributed by atoms with E-state index in [0.29, 0.717) is 17.0 Å². The Labute approximate surface area is 198 Å². The van der Waals surface area contributed by atoms with Gasteiger partial charge in [0.15, 0.2) is 6.17 Å². The summed E-state index contributed by atoms with van der Waals surface area (Å²) in [7, 11) is 1.13. The van der Waals surface area contributed by atoms with Gasteiger partial charge in [-0.15, -0.1) is 0 Å².